The number of carbonyl (C=O) groups excluding carboxylic acids is 2. The van der Waals surface area contributed by atoms with Gasteiger partial charge in [-0.15, -0.1) is 0 Å². The van der Waals surface area contributed by atoms with Crippen molar-refractivity contribution in [2.24, 2.45) is 0 Å². The number of carboxylic acid groups (broad SMARTS) is 1. The molecule has 3 N–H and O–H groups in total. The lowest BCUT2D eigenvalue weighted by Crippen LogP contribution is -2.32. The zero-order valence-corrected chi connectivity index (χ0v) is 19.6. The maximum atomic E-state index is 12.5. The lowest BCUT2D eigenvalue weighted by molar-refractivity contribution is -0.137. The van der Waals surface area contributed by atoms with Crippen LogP contribution in [0.15, 0.2) is 48.5 Å². The standard InChI is InChI=1S/C25H25N3O5S/c1-14(11-12-21(29)30)26-23(31)22-15(2)27-24(34-22)28-25(32)33-13-20-18-9-5-3-7-16(18)17-8-4-6-10-19(17)20/h3-10,14,20H,11-13H2,1-2H3,(H,26,31)(H,29,30)(H,27,28,32). The second-order valence-electron chi connectivity index (χ2n) is 8.19. The van der Waals surface area contributed by atoms with Gasteiger partial charge in [0.15, 0.2) is 5.13 Å². The highest BCUT2D eigenvalue weighted by Gasteiger charge is 2.29. The molecule has 1 aliphatic rings. The van der Waals surface area contributed by atoms with E-state index in [-0.39, 0.29) is 36.0 Å². The van der Waals surface area contributed by atoms with Gasteiger partial charge in [0.05, 0.1) is 5.69 Å². The van der Waals surface area contributed by atoms with Crippen molar-refractivity contribution in [3.8, 4) is 11.1 Å². The molecule has 0 saturated carbocycles. The first-order valence-electron chi connectivity index (χ1n) is 11.0. The molecule has 3 aromatic rings. The summed E-state index contributed by atoms with van der Waals surface area (Å²) in [5.41, 5.74) is 5.02. The lowest BCUT2D eigenvalue weighted by Gasteiger charge is -2.14. The molecule has 176 valence electrons. The Morgan fingerprint density at radius 3 is 2.32 bits per heavy atom. The minimum absolute atomic E-state index is 0.0301. The van der Waals surface area contributed by atoms with Crippen molar-refractivity contribution in [2.45, 2.75) is 38.6 Å². The van der Waals surface area contributed by atoms with E-state index in [1.54, 1.807) is 13.8 Å². The summed E-state index contributed by atoms with van der Waals surface area (Å²) < 4.78 is 5.53. The van der Waals surface area contributed by atoms with Crippen LogP contribution in [0.5, 0.6) is 0 Å². The van der Waals surface area contributed by atoms with Crippen LogP contribution in [-0.4, -0.2) is 40.7 Å². The number of thiazole rings is 1. The number of benzene rings is 2. The van der Waals surface area contributed by atoms with Gasteiger partial charge < -0.3 is 15.2 Å². The average Bonchev–Trinajstić information content (AvgIpc) is 3.33. The molecule has 1 unspecified atom stereocenters. The summed E-state index contributed by atoms with van der Waals surface area (Å²) in [7, 11) is 0. The topological polar surface area (TPSA) is 118 Å². The number of aromatic nitrogens is 1. The fourth-order valence-corrected chi connectivity index (χ4v) is 4.94. The quantitative estimate of drug-likeness (QED) is 0.427. The van der Waals surface area contributed by atoms with Crippen LogP contribution >= 0.6 is 11.3 Å². The van der Waals surface area contributed by atoms with Gasteiger partial charge in [0.2, 0.25) is 0 Å². The van der Waals surface area contributed by atoms with E-state index in [9.17, 15) is 14.4 Å². The Morgan fingerprint density at radius 2 is 1.71 bits per heavy atom. The van der Waals surface area contributed by atoms with Gasteiger partial charge in [-0.25, -0.2) is 9.78 Å². The number of hydrogen-bond acceptors (Lipinski definition) is 6. The van der Waals surface area contributed by atoms with E-state index in [0.717, 1.165) is 33.6 Å². The highest BCUT2D eigenvalue weighted by molar-refractivity contribution is 7.17. The fourth-order valence-electron chi connectivity index (χ4n) is 4.08. The van der Waals surface area contributed by atoms with Crippen molar-refractivity contribution >= 4 is 34.4 Å². The summed E-state index contributed by atoms with van der Waals surface area (Å²) in [6, 6.07) is 15.9. The van der Waals surface area contributed by atoms with E-state index in [1.165, 1.54) is 0 Å². The zero-order valence-electron chi connectivity index (χ0n) is 18.8. The third-order valence-corrected chi connectivity index (χ3v) is 6.80. The molecule has 9 heteroatoms. The van der Waals surface area contributed by atoms with Gasteiger partial charge in [-0.3, -0.25) is 14.9 Å². The van der Waals surface area contributed by atoms with Crippen LogP contribution in [-0.2, 0) is 9.53 Å². The van der Waals surface area contributed by atoms with Crippen molar-refractivity contribution in [1.82, 2.24) is 10.3 Å². The van der Waals surface area contributed by atoms with Crippen LogP contribution in [0.4, 0.5) is 9.93 Å². The van der Waals surface area contributed by atoms with Gasteiger partial charge in [-0.1, -0.05) is 59.9 Å². The lowest BCUT2D eigenvalue weighted by atomic mass is 9.98. The van der Waals surface area contributed by atoms with Gasteiger partial charge in [0.1, 0.15) is 11.5 Å². The highest BCUT2D eigenvalue weighted by atomic mass is 32.1. The van der Waals surface area contributed by atoms with Crippen LogP contribution in [0.25, 0.3) is 11.1 Å². The van der Waals surface area contributed by atoms with Gasteiger partial charge >= 0.3 is 12.1 Å². The molecule has 0 radical (unpaired) electrons. The molecule has 4 rings (SSSR count). The van der Waals surface area contributed by atoms with Crippen LogP contribution < -0.4 is 10.6 Å². The number of carbonyl (C=O) groups is 3. The van der Waals surface area contributed by atoms with Gasteiger partial charge in [-0.2, -0.15) is 0 Å². The second kappa shape index (κ2) is 10.0. The van der Waals surface area contributed by atoms with E-state index in [0.29, 0.717) is 17.0 Å². The number of aliphatic carboxylic acids is 1. The molecule has 0 aliphatic heterocycles. The van der Waals surface area contributed by atoms with Gasteiger partial charge in [-0.05, 0) is 42.5 Å². The highest BCUT2D eigenvalue weighted by Crippen LogP contribution is 2.44. The molecular weight excluding hydrogens is 454 g/mol. The number of hydrogen-bond donors (Lipinski definition) is 3. The number of anilines is 1. The van der Waals surface area contributed by atoms with Crippen LogP contribution in [0.2, 0.25) is 0 Å². The first-order chi connectivity index (χ1) is 16.3. The number of rotatable bonds is 8. The predicted molar refractivity (Wildman–Crippen MR) is 129 cm³/mol. The Balaban J connectivity index is 1.36. The van der Waals surface area contributed by atoms with E-state index in [2.05, 4.69) is 27.8 Å². The first-order valence-corrected chi connectivity index (χ1v) is 11.8. The minimum atomic E-state index is -0.912. The maximum Gasteiger partial charge on any atom is 0.413 e. The van der Waals surface area contributed by atoms with Crippen molar-refractivity contribution < 1.29 is 24.2 Å². The zero-order chi connectivity index (χ0) is 24.2. The van der Waals surface area contributed by atoms with Crippen LogP contribution in [0, 0.1) is 6.92 Å². The Morgan fingerprint density at radius 1 is 1.09 bits per heavy atom. The average molecular weight is 480 g/mol. The van der Waals surface area contributed by atoms with E-state index in [4.69, 9.17) is 9.84 Å². The molecule has 2 amide bonds. The summed E-state index contributed by atoms with van der Waals surface area (Å²) in [6.45, 7) is 3.60. The SMILES string of the molecule is Cc1nc(NC(=O)OCC2c3ccccc3-c3ccccc32)sc1C(=O)NC(C)CCC(=O)O. The third-order valence-electron chi connectivity index (χ3n) is 5.72. The van der Waals surface area contributed by atoms with E-state index >= 15 is 0 Å². The number of aryl methyl sites for hydroxylation is 1. The summed E-state index contributed by atoms with van der Waals surface area (Å²) in [4.78, 5) is 40.3. The van der Waals surface area contributed by atoms with Crippen molar-refractivity contribution in [3.63, 3.8) is 0 Å². The van der Waals surface area contributed by atoms with Gasteiger partial charge in [0, 0.05) is 18.4 Å². The molecule has 0 bridgehead atoms. The largest absolute Gasteiger partial charge is 0.481 e. The molecule has 8 nitrogen and oxygen atoms in total. The fraction of sp³-hybridized carbons (Fsp3) is 0.280. The molecular formula is C25H25N3O5S. The number of ether oxygens (including phenoxy) is 1. The number of nitrogens with zero attached hydrogens (tertiary/aromatic N) is 1. The smallest absolute Gasteiger partial charge is 0.413 e. The molecule has 0 fully saturated rings. The molecule has 2 aromatic carbocycles. The van der Waals surface area contributed by atoms with Crippen molar-refractivity contribution in [2.75, 3.05) is 11.9 Å². The molecule has 1 heterocycles. The maximum absolute atomic E-state index is 12.5. The van der Waals surface area contributed by atoms with E-state index < -0.39 is 12.1 Å². The summed E-state index contributed by atoms with van der Waals surface area (Å²) in [6.07, 6.45) is -0.348. The number of amides is 2. The van der Waals surface area contributed by atoms with Crippen LogP contribution in [0.3, 0.4) is 0 Å². The summed E-state index contributed by atoms with van der Waals surface area (Å²) in [5, 5.41) is 14.4. The summed E-state index contributed by atoms with van der Waals surface area (Å²) in [5.74, 6) is -1.32. The Kier molecular flexibility index (Phi) is 6.93. The normalized spacial score (nSPS) is 13.0. The number of nitrogens with one attached hydrogen (secondary N) is 2. The van der Waals surface area contributed by atoms with Crippen molar-refractivity contribution in [3.05, 3.63) is 70.2 Å². The summed E-state index contributed by atoms with van der Waals surface area (Å²) >= 11 is 1.05. The Bertz CT molecular complexity index is 1190. The van der Waals surface area contributed by atoms with Gasteiger partial charge in [0.25, 0.3) is 5.91 Å². The number of carboxylic acids is 1. The molecule has 0 spiro atoms. The molecule has 1 aromatic heterocycles. The van der Waals surface area contributed by atoms with E-state index in [1.807, 2.05) is 36.4 Å². The van der Waals surface area contributed by atoms with Crippen LogP contribution in [0.1, 0.15) is 52.2 Å². The third kappa shape index (κ3) is 5.09. The van der Waals surface area contributed by atoms with Crippen molar-refractivity contribution in [1.29, 1.82) is 0 Å². The molecule has 1 atom stereocenters. The Labute approximate surface area is 201 Å². The second-order valence-corrected chi connectivity index (χ2v) is 9.19. The monoisotopic (exact) mass is 479 g/mol. The molecule has 1 aliphatic carbocycles. The Hall–Kier alpha value is -3.72. The molecule has 34 heavy (non-hydrogen) atoms. The first kappa shape index (κ1) is 23.4. The number of fused-ring (bicyclic) bond motifs is 3. The minimum Gasteiger partial charge on any atom is -0.481 e. The molecule has 0 saturated heterocycles. The predicted octanol–water partition coefficient (Wildman–Crippen LogP) is 4.80.